The number of hydrogen-bond donors (Lipinski definition) is 1. The maximum Gasteiger partial charge on any atom is 0.415 e. The van der Waals surface area contributed by atoms with Crippen LogP contribution in [-0.2, 0) is 11.3 Å². The lowest BCUT2D eigenvalue weighted by Gasteiger charge is -2.20. The zero-order chi connectivity index (χ0) is 24.0. The Bertz CT molecular complexity index is 1140. The first-order chi connectivity index (χ1) is 15.9. The Labute approximate surface area is 203 Å². The fourth-order valence-electron chi connectivity index (χ4n) is 3.43. The van der Waals surface area contributed by atoms with E-state index in [1.54, 1.807) is 23.1 Å². The summed E-state index contributed by atoms with van der Waals surface area (Å²) in [4.78, 5) is 27.2. The molecular formula is C24H27Cl2N3O4. The second-order valence-electron chi connectivity index (χ2n) is 7.20. The lowest BCUT2D eigenvalue weighted by atomic mass is 10.1. The van der Waals surface area contributed by atoms with Gasteiger partial charge in [-0.25, -0.2) is 4.79 Å². The van der Waals surface area contributed by atoms with E-state index in [4.69, 9.17) is 32.7 Å². The SMILES string of the molecule is CCOCCn1ccc2c(NC(=O)c3ccc(Cl)c(Cl)c3)c(OC(=O)N(CC)CC)ccc21. The third-order valence-corrected chi connectivity index (χ3v) is 5.97. The normalized spacial score (nSPS) is 10.9. The van der Waals surface area contributed by atoms with Crippen molar-refractivity contribution in [3.05, 3.63) is 58.2 Å². The Morgan fingerprint density at radius 3 is 2.45 bits per heavy atom. The molecule has 1 heterocycles. The fraction of sp³-hybridized carbons (Fsp3) is 0.333. The molecule has 3 rings (SSSR count). The molecule has 0 aliphatic carbocycles. The number of ether oxygens (including phenoxy) is 2. The van der Waals surface area contributed by atoms with Crippen LogP contribution >= 0.6 is 23.2 Å². The number of benzene rings is 2. The molecule has 0 radical (unpaired) electrons. The van der Waals surface area contributed by atoms with E-state index < -0.39 is 12.0 Å². The highest BCUT2D eigenvalue weighted by Gasteiger charge is 2.20. The van der Waals surface area contributed by atoms with Gasteiger partial charge in [0.25, 0.3) is 5.91 Å². The van der Waals surface area contributed by atoms with E-state index in [0.29, 0.717) is 49.1 Å². The van der Waals surface area contributed by atoms with Crippen molar-refractivity contribution in [3.63, 3.8) is 0 Å². The van der Waals surface area contributed by atoms with Gasteiger partial charge in [0.2, 0.25) is 0 Å². The molecule has 0 atom stereocenters. The molecule has 33 heavy (non-hydrogen) atoms. The monoisotopic (exact) mass is 491 g/mol. The Morgan fingerprint density at radius 1 is 1.03 bits per heavy atom. The Balaban J connectivity index is 2.00. The topological polar surface area (TPSA) is 72.8 Å². The predicted molar refractivity (Wildman–Crippen MR) is 132 cm³/mol. The van der Waals surface area contributed by atoms with E-state index in [0.717, 1.165) is 10.9 Å². The van der Waals surface area contributed by atoms with Crippen LogP contribution in [0.15, 0.2) is 42.6 Å². The number of carbonyl (C=O) groups is 2. The van der Waals surface area contributed by atoms with Crippen molar-refractivity contribution in [1.29, 1.82) is 0 Å². The highest BCUT2D eigenvalue weighted by atomic mass is 35.5. The Hall–Kier alpha value is -2.74. The second-order valence-corrected chi connectivity index (χ2v) is 8.02. The maximum absolute atomic E-state index is 13.0. The Morgan fingerprint density at radius 2 is 1.79 bits per heavy atom. The standard InChI is InChI=1S/C24H27Cl2N3O4/c1-4-28(5-2)24(31)33-21-10-9-20-17(11-12-29(20)13-14-32-6-3)22(21)27-23(30)16-7-8-18(25)19(26)15-16/h7-12,15H,4-6,13-14H2,1-3H3,(H,27,30). The van der Waals surface area contributed by atoms with E-state index in [1.807, 2.05) is 43.7 Å². The molecule has 9 heteroatoms. The summed E-state index contributed by atoms with van der Waals surface area (Å²) in [7, 11) is 0. The van der Waals surface area contributed by atoms with Crippen LogP contribution in [0.1, 0.15) is 31.1 Å². The lowest BCUT2D eigenvalue weighted by Crippen LogP contribution is -2.33. The molecule has 0 saturated heterocycles. The number of halogens is 2. The summed E-state index contributed by atoms with van der Waals surface area (Å²) < 4.78 is 13.2. The second kappa shape index (κ2) is 11.4. The van der Waals surface area contributed by atoms with Crippen molar-refractivity contribution in [3.8, 4) is 5.75 Å². The average molecular weight is 492 g/mol. The van der Waals surface area contributed by atoms with Gasteiger partial charge in [-0.3, -0.25) is 4.79 Å². The van der Waals surface area contributed by atoms with Gasteiger partial charge >= 0.3 is 6.09 Å². The summed E-state index contributed by atoms with van der Waals surface area (Å²) in [6, 6.07) is 10.1. The van der Waals surface area contributed by atoms with Crippen molar-refractivity contribution in [2.75, 3.05) is 31.6 Å². The number of amides is 2. The number of nitrogens with one attached hydrogen (secondary N) is 1. The first kappa shape index (κ1) is 24.9. The van der Waals surface area contributed by atoms with Crippen LogP contribution < -0.4 is 10.1 Å². The molecule has 2 amide bonds. The highest BCUT2D eigenvalue weighted by molar-refractivity contribution is 6.42. The first-order valence-corrected chi connectivity index (χ1v) is 11.6. The van der Waals surface area contributed by atoms with Crippen LogP contribution in [-0.4, -0.2) is 47.8 Å². The molecule has 7 nitrogen and oxygen atoms in total. The van der Waals surface area contributed by atoms with Gasteiger partial charge in [0.1, 0.15) is 0 Å². The summed E-state index contributed by atoms with van der Waals surface area (Å²) in [5.41, 5.74) is 1.61. The number of hydrogen-bond acceptors (Lipinski definition) is 4. The van der Waals surface area contributed by atoms with E-state index >= 15 is 0 Å². The van der Waals surface area contributed by atoms with Gasteiger partial charge in [-0.05, 0) is 57.2 Å². The van der Waals surface area contributed by atoms with Gasteiger partial charge in [0, 0.05) is 43.4 Å². The number of fused-ring (bicyclic) bond motifs is 1. The van der Waals surface area contributed by atoms with Crippen molar-refractivity contribution in [2.45, 2.75) is 27.3 Å². The first-order valence-electron chi connectivity index (χ1n) is 10.8. The summed E-state index contributed by atoms with van der Waals surface area (Å²) in [6.45, 7) is 8.56. The van der Waals surface area contributed by atoms with Gasteiger partial charge in [-0.1, -0.05) is 23.2 Å². The molecular weight excluding hydrogens is 465 g/mol. The Kier molecular flexibility index (Phi) is 8.61. The van der Waals surface area contributed by atoms with Crippen molar-refractivity contribution in [1.82, 2.24) is 9.47 Å². The number of rotatable bonds is 9. The molecule has 2 aromatic carbocycles. The summed E-state index contributed by atoms with van der Waals surface area (Å²) >= 11 is 12.1. The van der Waals surface area contributed by atoms with Gasteiger partial charge in [-0.15, -0.1) is 0 Å². The molecule has 176 valence electrons. The third kappa shape index (κ3) is 5.79. The van der Waals surface area contributed by atoms with Crippen LogP contribution in [0.3, 0.4) is 0 Å². The van der Waals surface area contributed by atoms with Gasteiger partial charge < -0.3 is 24.3 Å². The minimum absolute atomic E-state index is 0.260. The molecule has 0 saturated carbocycles. The highest BCUT2D eigenvalue weighted by Crippen LogP contribution is 2.35. The maximum atomic E-state index is 13.0. The molecule has 0 bridgehead atoms. The van der Waals surface area contributed by atoms with E-state index in [2.05, 4.69) is 5.32 Å². The summed E-state index contributed by atoms with van der Waals surface area (Å²) in [5.74, 6) is -0.140. The smallest absolute Gasteiger partial charge is 0.408 e. The molecule has 1 aromatic heterocycles. The molecule has 1 N–H and O–H groups in total. The van der Waals surface area contributed by atoms with Crippen LogP contribution in [0, 0.1) is 0 Å². The average Bonchev–Trinajstić information content (AvgIpc) is 3.21. The summed E-state index contributed by atoms with van der Waals surface area (Å²) in [5, 5.41) is 4.27. The molecule has 0 aliphatic rings. The van der Waals surface area contributed by atoms with Crippen molar-refractivity contribution in [2.24, 2.45) is 0 Å². The van der Waals surface area contributed by atoms with E-state index in [1.165, 1.54) is 6.07 Å². The van der Waals surface area contributed by atoms with Crippen LogP contribution in [0.25, 0.3) is 10.9 Å². The molecule has 0 fully saturated rings. The number of anilines is 1. The summed E-state index contributed by atoms with van der Waals surface area (Å²) in [6.07, 6.45) is 1.43. The molecule has 0 spiro atoms. The van der Waals surface area contributed by atoms with Crippen molar-refractivity contribution < 1.29 is 19.1 Å². The quantitative estimate of drug-likeness (QED) is 0.368. The molecule has 3 aromatic rings. The zero-order valence-corrected chi connectivity index (χ0v) is 20.4. The number of carbonyl (C=O) groups excluding carboxylic acids is 2. The molecule has 0 aliphatic heterocycles. The number of nitrogens with zero attached hydrogens (tertiary/aromatic N) is 2. The van der Waals surface area contributed by atoms with Crippen molar-refractivity contribution >= 4 is 51.8 Å². The van der Waals surface area contributed by atoms with Crippen LogP contribution in [0.4, 0.5) is 10.5 Å². The molecule has 0 unspecified atom stereocenters. The largest absolute Gasteiger partial charge is 0.415 e. The van der Waals surface area contributed by atoms with Gasteiger partial charge in [0.05, 0.1) is 27.9 Å². The van der Waals surface area contributed by atoms with Crippen LogP contribution in [0.5, 0.6) is 5.75 Å². The van der Waals surface area contributed by atoms with Gasteiger partial charge in [-0.2, -0.15) is 0 Å². The van der Waals surface area contributed by atoms with E-state index in [-0.39, 0.29) is 10.8 Å². The predicted octanol–water partition coefficient (Wildman–Crippen LogP) is 6.08. The number of aromatic nitrogens is 1. The third-order valence-electron chi connectivity index (χ3n) is 5.23. The van der Waals surface area contributed by atoms with Crippen LogP contribution in [0.2, 0.25) is 10.0 Å². The zero-order valence-electron chi connectivity index (χ0n) is 18.9. The lowest BCUT2D eigenvalue weighted by molar-refractivity contribution is 0.102. The minimum atomic E-state index is -0.486. The fourth-order valence-corrected chi connectivity index (χ4v) is 3.73. The van der Waals surface area contributed by atoms with E-state index in [9.17, 15) is 9.59 Å². The minimum Gasteiger partial charge on any atom is -0.408 e. The van der Waals surface area contributed by atoms with Gasteiger partial charge in [0.15, 0.2) is 5.75 Å².